The van der Waals surface area contributed by atoms with Gasteiger partial charge in [0, 0.05) is 28.7 Å². The van der Waals surface area contributed by atoms with Crippen molar-refractivity contribution in [1.82, 2.24) is 15.0 Å². The summed E-state index contributed by atoms with van der Waals surface area (Å²) >= 11 is 0. The van der Waals surface area contributed by atoms with E-state index in [2.05, 4.69) is 37.7 Å². The van der Waals surface area contributed by atoms with Crippen LogP contribution in [-0.2, 0) is 27.5 Å². The number of benzene rings is 1. The van der Waals surface area contributed by atoms with Gasteiger partial charge in [0.2, 0.25) is 0 Å². The van der Waals surface area contributed by atoms with Gasteiger partial charge in [0.05, 0.1) is 18.9 Å². The molecule has 8 heteroatoms. The van der Waals surface area contributed by atoms with E-state index in [1.165, 1.54) is 4.68 Å². The van der Waals surface area contributed by atoms with E-state index in [-0.39, 0.29) is 42.1 Å². The van der Waals surface area contributed by atoms with Gasteiger partial charge in [-0.3, -0.25) is 9.59 Å². The normalized spacial score (nSPS) is 38.0. The van der Waals surface area contributed by atoms with Crippen LogP contribution in [0, 0.1) is 34.0 Å². The van der Waals surface area contributed by atoms with Crippen LogP contribution in [0.1, 0.15) is 65.4 Å². The minimum absolute atomic E-state index is 0.0358. The Bertz CT molecular complexity index is 1260. The van der Waals surface area contributed by atoms with Gasteiger partial charge < -0.3 is 14.9 Å². The Hall–Kier alpha value is -2.84. The molecule has 0 amide bonds. The van der Waals surface area contributed by atoms with Crippen LogP contribution in [0.25, 0.3) is 11.3 Å². The van der Waals surface area contributed by atoms with E-state index in [1.54, 1.807) is 12.3 Å². The molecule has 210 valence electrons. The number of aromatic nitrogens is 3. The highest BCUT2D eigenvalue weighted by Gasteiger charge is 2.68. The van der Waals surface area contributed by atoms with Crippen LogP contribution in [0.4, 0.5) is 0 Å². The Kier molecular flexibility index (Phi) is 7.08. The minimum Gasteiger partial charge on any atom is -0.460 e. The molecule has 5 rings (SSSR count). The summed E-state index contributed by atoms with van der Waals surface area (Å²) in [7, 11) is 0. The van der Waals surface area contributed by atoms with Crippen molar-refractivity contribution in [3.8, 4) is 11.3 Å². The lowest BCUT2D eigenvalue weighted by atomic mass is 9.44. The van der Waals surface area contributed by atoms with Crippen LogP contribution in [0.2, 0.25) is 0 Å². The summed E-state index contributed by atoms with van der Waals surface area (Å²) in [6.45, 7) is 12.3. The highest BCUT2D eigenvalue weighted by molar-refractivity contribution is 5.85. The summed E-state index contributed by atoms with van der Waals surface area (Å²) in [6.07, 6.45) is 5.74. The van der Waals surface area contributed by atoms with Crippen LogP contribution in [0.5, 0.6) is 0 Å². The second-order valence-electron chi connectivity index (χ2n) is 12.7. The highest BCUT2D eigenvalue weighted by Crippen LogP contribution is 2.68. The molecule has 2 bridgehead atoms. The Balaban J connectivity index is 1.44. The third-order valence-corrected chi connectivity index (χ3v) is 10.8. The van der Waals surface area contributed by atoms with Crippen molar-refractivity contribution < 1.29 is 24.5 Å². The molecular formula is C31H41N3O5. The average molecular weight is 536 g/mol. The number of nitrogens with zero attached hydrogens (tertiary/aromatic N) is 3. The van der Waals surface area contributed by atoms with Gasteiger partial charge in [-0.15, -0.1) is 11.7 Å². The maximum absolute atomic E-state index is 13.5. The number of Topliss-reactive ketones (excluding diaryl/α,β-unsaturated/α-hetero) is 1. The predicted octanol–water partition coefficient (Wildman–Crippen LogP) is 4.34. The highest BCUT2D eigenvalue weighted by atomic mass is 16.5. The molecule has 3 saturated carbocycles. The number of esters is 1. The van der Waals surface area contributed by atoms with Gasteiger partial charge in [-0.05, 0) is 48.5 Å². The fraction of sp³-hybridized carbons (Fsp3) is 0.613. The van der Waals surface area contributed by atoms with Gasteiger partial charge in [0.1, 0.15) is 24.1 Å². The zero-order valence-corrected chi connectivity index (χ0v) is 23.5. The molecule has 0 saturated heterocycles. The van der Waals surface area contributed by atoms with Crippen molar-refractivity contribution in [2.45, 2.75) is 85.2 Å². The topological polar surface area (TPSA) is 115 Å². The van der Waals surface area contributed by atoms with Gasteiger partial charge in [-0.2, -0.15) is 0 Å². The van der Waals surface area contributed by atoms with E-state index in [0.29, 0.717) is 18.5 Å². The molecule has 1 aromatic heterocycles. The lowest BCUT2D eigenvalue weighted by Crippen LogP contribution is -2.63. The maximum atomic E-state index is 13.5. The quantitative estimate of drug-likeness (QED) is 0.418. The third-order valence-electron chi connectivity index (χ3n) is 10.8. The van der Waals surface area contributed by atoms with Crippen LogP contribution >= 0.6 is 0 Å². The Morgan fingerprint density at radius 3 is 2.62 bits per heavy atom. The number of rotatable bonds is 6. The molecule has 2 aromatic rings. The van der Waals surface area contributed by atoms with E-state index in [9.17, 15) is 19.8 Å². The third kappa shape index (κ3) is 4.36. The summed E-state index contributed by atoms with van der Waals surface area (Å²) in [5.41, 5.74) is 0.713. The number of ether oxygens (including phenoxy) is 1. The number of ketones is 1. The summed E-state index contributed by atoms with van der Waals surface area (Å²) in [6, 6.07) is 7.34. The fourth-order valence-electron chi connectivity index (χ4n) is 8.12. The summed E-state index contributed by atoms with van der Waals surface area (Å²) < 4.78 is 7.76. The zero-order chi connectivity index (χ0) is 28.2. The monoisotopic (exact) mass is 535 g/mol. The lowest BCUT2D eigenvalue weighted by Gasteiger charge is -2.61. The van der Waals surface area contributed by atoms with Gasteiger partial charge in [-0.25, -0.2) is 4.68 Å². The van der Waals surface area contributed by atoms with Gasteiger partial charge in [-0.1, -0.05) is 63.2 Å². The van der Waals surface area contributed by atoms with Gasteiger partial charge in [0.15, 0.2) is 0 Å². The first-order valence-electron chi connectivity index (χ1n) is 14.1. The van der Waals surface area contributed by atoms with E-state index in [1.807, 2.05) is 31.2 Å². The fourth-order valence-corrected chi connectivity index (χ4v) is 8.12. The summed E-state index contributed by atoms with van der Waals surface area (Å²) in [4.78, 5) is 27.0. The van der Waals surface area contributed by atoms with Crippen LogP contribution < -0.4 is 0 Å². The number of hydrogen-bond acceptors (Lipinski definition) is 7. The molecule has 0 spiro atoms. The van der Waals surface area contributed by atoms with E-state index < -0.39 is 29.0 Å². The molecule has 3 fully saturated rings. The van der Waals surface area contributed by atoms with Crippen molar-refractivity contribution in [3.63, 3.8) is 0 Å². The first-order chi connectivity index (χ1) is 18.5. The molecule has 3 aliphatic rings. The summed E-state index contributed by atoms with van der Waals surface area (Å²) in [5, 5.41) is 29.3. The number of carbonyl (C=O) groups excluding carboxylic acids is 2. The molecule has 39 heavy (non-hydrogen) atoms. The van der Waals surface area contributed by atoms with Crippen LogP contribution in [0.15, 0.2) is 43.1 Å². The molecule has 1 aromatic carbocycles. The molecule has 3 aliphatic carbocycles. The van der Waals surface area contributed by atoms with Crippen LogP contribution in [-0.4, -0.2) is 49.2 Å². The van der Waals surface area contributed by atoms with Crippen molar-refractivity contribution in [2.24, 2.45) is 34.0 Å². The van der Waals surface area contributed by atoms with E-state index in [0.717, 1.165) is 30.4 Å². The molecule has 0 radical (unpaired) electrons. The van der Waals surface area contributed by atoms with Crippen molar-refractivity contribution in [3.05, 3.63) is 48.7 Å². The lowest BCUT2D eigenvalue weighted by molar-refractivity contribution is -0.207. The Labute approximate surface area is 230 Å². The minimum atomic E-state index is -0.697. The molecule has 0 aliphatic heterocycles. The second-order valence-corrected chi connectivity index (χ2v) is 12.7. The largest absolute Gasteiger partial charge is 0.460 e. The second kappa shape index (κ2) is 9.97. The number of aliphatic hydroxyl groups is 2. The standard InChI is InChI=1S/C31H41N3O5/c1-6-29(4)15-25(30(5)19(2)11-13-31(20(3)28(29)38)14-12-24(36)27(30)31)39-26(37)17-34-16-23(32-33-34)22-9-7-21(18-35)8-10-22/h6-10,16,19-20,25,27-28,35,38H,1,11-15,17-18H2,2-5H3/t19-,20+,25-,27+,28+,29-,30+,31+/m1/s1. The number of carbonyl (C=O) groups is 2. The Morgan fingerprint density at radius 2 is 1.95 bits per heavy atom. The zero-order valence-electron chi connectivity index (χ0n) is 23.5. The summed E-state index contributed by atoms with van der Waals surface area (Å²) in [5.74, 6) is -0.367. The maximum Gasteiger partial charge on any atom is 0.328 e. The first-order valence-corrected chi connectivity index (χ1v) is 14.1. The van der Waals surface area contributed by atoms with Gasteiger partial charge in [0.25, 0.3) is 0 Å². The van der Waals surface area contributed by atoms with Gasteiger partial charge >= 0.3 is 5.97 Å². The molecule has 8 nitrogen and oxygen atoms in total. The van der Waals surface area contributed by atoms with Crippen molar-refractivity contribution in [1.29, 1.82) is 0 Å². The molecular weight excluding hydrogens is 494 g/mol. The first kappa shape index (κ1) is 27.7. The Morgan fingerprint density at radius 1 is 1.23 bits per heavy atom. The van der Waals surface area contributed by atoms with E-state index >= 15 is 0 Å². The van der Waals surface area contributed by atoms with Crippen molar-refractivity contribution >= 4 is 11.8 Å². The number of aliphatic hydroxyl groups excluding tert-OH is 2. The average Bonchev–Trinajstić information content (AvgIpc) is 3.54. The molecule has 0 unspecified atom stereocenters. The number of hydrogen-bond donors (Lipinski definition) is 2. The molecule has 8 atom stereocenters. The smallest absolute Gasteiger partial charge is 0.328 e. The van der Waals surface area contributed by atoms with Crippen LogP contribution in [0.3, 0.4) is 0 Å². The SMILES string of the molecule is C=C[C@]1(C)C[C@@H](OC(=O)Cn2cc(-c3ccc(CO)cc3)nn2)[C@]2(C)[C@H](C)CC[C@]3(CCC(=O)[C@H]32)[C@@H](C)[C@@H]1O. The predicted molar refractivity (Wildman–Crippen MR) is 146 cm³/mol. The van der Waals surface area contributed by atoms with E-state index in [4.69, 9.17) is 4.74 Å². The molecule has 2 N–H and O–H groups in total. The van der Waals surface area contributed by atoms with Crippen molar-refractivity contribution in [2.75, 3.05) is 0 Å². The molecule has 1 heterocycles.